The molecule has 2 rings (SSSR count). The van der Waals surface area contributed by atoms with Crippen molar-refractivity contribution in [3.63, 3.8) is 0 Å². The molecule has 1 aromatic heterocycles. The van der Waals surface area contributed by atoms with Crippen molar-refractivity contribution >= 4 is 16.9 Å². The molecule has 0 atom stereocenters. The molecule has 0 spiro atoms. The summed E-state index contributed by atoms with van der Waals surface area (Å²) in [5, 5.41) is 9.25. The van der Waals surface area contributed by atoms with E-state index in [9.17, 15) is 9.18 Å². The van der Waals surface area contributed by atoms with Crippen molar-refractivity contribution in [1.82, 2.24) is 4.57 Å². The second kappa shape index (κ2) is 3.33. The van der Waals surface area contributed by atoms with Crippen LogP contribution in [0.15, 0.2) is 12.1 Å². The van der Waals surface area contributed by atoms with Crippen LogP contribution in [0.3, 0.4) is 0 Å². The predicted octanol–water partition coefficient (Wildman–Crippen LogP) is 2.63. The van der Waals surface area contributed by atoms with Crippen molar-refractivity contribution in [3.8, 4) is 0 Å². The van der Waals surface area contributed by atoms with Crippen LogP contribution in [-0.2, 0) is 7.05 Å². The molecule has 0 bridgehead atoms. The maximum absolute atomic E-state index is 14.0. The van der Waals surface area contributed by atoms with E-state index in [1.807, 2.05) is 18.5 Å². The van der Waals surface area contributed by atoms with Gasteiger partial charge in [0, 0.05) is 18.1 Å². The summed E-state index contributed by atoms with van der Waals surface area (Å²) >= 11 is 0. The molecular weight excluding hydrogens is 209 g/mol. The van der Waals surface area contributed by atoms with Crippen LogP contribution < -0.4 is 0 Å². The molecule has 0 saturated carbocycles. The van der Waals surface area contributed by atoms with E-state index >= 15 is 0 Å². The molecule has 0 radical (unpaired) electrons. The van der Waals surface area contributed by atoms with Crippen LogP contribution >= 0.6 is 0 Å². The first-order valence-electron chi connectivity index (χ1n) is 4.92. The molecule has 1 aromatic carbocycles. The molecule has 1 heterocycles. The van der Waals surface area contributed by atoms with Gasteiger partial charge in [0.25, 0.3) is 0 Å². The molecule has 16 heavy (non-hydrogen) atoms. The number of hydrogen-bond donors (Lipinski definition) is 1. The number of carboxylic acids is 1. The van der Waals surface area contributed by atoms with Crippen molar-refractivity contribution in [2.75, 3.05) is 0 Å². The van der Waals surface area contributed by atoms with Gasteiger partial charge in [-0.05, 0) is 31.5 Å². The van der Waals surface area contributed by atoms with Gasteiger partial charge in [0.2, 0.25) is 0 Å². The molecule has 84 valence electrons. The van der Waals surface area contributed by atoms with E-state index in [0.717, 1.165) is 16.8 Å². The van der Waals surface area contributed by atoms with Crippen LogP contribution in [0.25, 0.3) is 10.9 Å². The topological polar surface area (TPSA) is 42.2 Å². The Balaban J connectivity index is 2.95. The molecule has 1 N–H and O–H groups in total. The van der Waals surface area contributed by atoms with Crippen molar-refractivity contribution in [2.24, 2.45) is 7.05 Å². The van der Waals surface area contributed by atoms with Gasteiger partial charge in [0.1, 0.15) is 5.82 Å². The summed E-state index contributed by atoms with van der Waals surface area (Å²) in [6, 6.07) is 2.95. The van der Waals surface area contributed by atoms with Crippen molar-refractivity contribution in [1.29, 1.82) is 0 Å². The van der Waals surface area contributed by atoms with Crippen LogP contribution in [0.1, 0.15) is 21.6 Å². The van der Waals surface area contributed by atoms with E-state index in [1.54, 1.807) is 13.0 Å². The van der Waals surface area contributed by atoms with Crippen LogP contribution in [0, 0.1) is 19.7 Å². The van der Waals surface area contributed by atoms with Crippen LogP contribution in [0.4, 0.5) is 4.39 Å². The Morgan fingerprint density at radius 1 is 1.38 bits per heavy atom. The van der Waals surface area contributed by atoms with Crippen LogP contribution in [0.2, 0.25) is 0 Å². The summed E-state index contributed by atoms with van der Waals surface area (Å²) in [5.41, 5.74) is 2.17. The van der Waals surface area contributed by atoms with Gasteiger partial charge in [-0.3, -0.25) is 0 Å². The lowest BCUT2D eigenvalue weighted by Gasteiger charge is -2.01. The highest BCUT2D eigenvalue weighted by Crippen LogP contribution is 2.28. The molecular formula is C12H12FNO2. The molecule has 0 aliphatic carbocycles. The minimum atomic E-state index is -1.24. The Morgan fingerprint density at radius 3 is 2.56 bits per heavy atom. The summed E-state index contributed by atoms with van der Waals surface area (Å²) in [4.78, 5) is 10.8. The average molecular weight is 221 g/mol. The summed E-state index contributed by atoms with van der Waals surface area (Å²) < 4.78 is 15.8. The first kappa shape index (κ1) is 10.7. The number of aromatic nitrogens is 1. The number of carboxylic acid groups (broad SMARTS) is 1. The Hall–Kier alpha value is -1.84. The Morgan fingerprint density at radius 2 is 2.00 bits per heavy atom. The number of fused-ring (bicyclic) bond motifs is 1. The third kappa shape index (κ3) is 1.23. The summed E-state index contributed by atoms with van der Waals surface area (Å²) in [6.45, 7) is 3.68. The fraction of sp³-hybridized carbons (Fsp3) is 0.250. The zero-order valence-corrected chi connectivity index (χ0v) is 9.34. The first-order valence-corrected chi connectivity index (χ1v) is 4.92. The molecule has 0 unspecified atom stereocenters. The molecule has 2 aromatic rings. The number of carbonyl (C=O) groups is 1. The number of hydrogen-bond acceptors (Lipinski definition) is 1. The molecule has 0 aliphatic rings. The standard InChI is InChI=1S/C12H12FNO2/c1-6-7(2)14(3)9-5-4-8(12(15)16)11(13)10(6)9/h4-5H,1-3H3,(H,15,16). The number of halogens is 1. The van der Waals surface area contributed by atoms with E-state index in [-0.39, 0.29) is 5.56 Å². The van der Waals surface area contributed by atoms with E-state index in [0.29, 0.717) is 5.39 Å². The van der Waals surface area contributed by atoms with Gasteiger partial charge < -0.3 is 9.67 Å². The van der Waals surface area contributed by atoms with Gasteiger partial charge in [0.15, 0.2) is 0 Å². The van der Waals surface area contributed by atoms with Gasteiger partial charge in [0.05, 0.1) is 11.1 Å². The average Bonchev–Trinajstić information content (AvgIpc) is 2.44. The number of benzene rings is 1. The third-order valence-corrected chi connectivity index (χ3v) is 3.13. The number of aryl methyl sites for hydroxylation is 2. The van der Waals surface area contributed by atoms with Gasteiger partial charge in [-0.2, -0.15) is 0 Å². The highest BCUT2D eigenvalue weighted by Gasteiger charge is 2.18. The van der Waals surface area contributed by atoms with Gasteiger partial charge >= 0.3 is 5.97 Å². The Labute approximate surface area is 92.1 Å². The normalized spacial score (nSPS) is 11.0. The minimum Gasteiger partial charge on any atom is -0.478 e. The minimum absolute atomic E-state index is 0.277. The highest BCUT2D eigenvalue weighted by atomic mass is 19.1. The number of rotatable bonds is 1. The second-order valence-electron chi connectivity index (χ2n) is 3.90. The molecule has 0 saturated heterocycles. The molecule has 0 amide bonds. The SMILES string of the molecule is Cc1c(C)n(C)c2ccc(C(=O)O)c(F)c12. The zero-order chi connectivity index (χ0) is 12.0. The molecule has 0 fully saturated rings. The van der Waals surface area contributed by atoms with Crippen LogP contribution in [-0.4, -0.2) is 15.6 Å². The van der Waals surface area contributed by atoms with Gasteiger partial charge in [-0.15, -0.1) is 0 Å². The van der Waals surface area contributed by atoms with Crippen molar-refractivity contribution in [3.05, 3.63) is 34.8 Å². The van der Waals surface area contributed by atoms with Crippen molar-refractivity contribution in [2.45, 2.75) is 13.8 Å². The maximum atomic E-state index is 14.0. The van der Waals surface area contributed by atoms with Crippen molar-refractivity contribution < 1.29 is 14.3 Å². The zero-order valence-electron chi connectivity index (χ0n) is 9.34. The fourth-order valence-electron chi connectivity index (χ4n) is 1.98. The summed E-state index contributed by atoms with van der Waals surface area (Å²) in [6.07, 6.45) is 0. The van der Waals surface area contributed by atoms with E-state index in [2.05, 4.69) is 0 Å². The van der Waals surface area contributed by atoms with E-state index < -0.39 is 11.8 Å². The van der Waals surface area contributed by atoms with E-state index in [4.69, 9.17) is 5.11 Å². The fourth-order valence-corrected chi connectivity index (χ4v) is 1.98. The number of aromatic carboxylic acids is 1. The largest absolute Gasteiger partial charge is 0.478 e. The smallest absolute Gasteiger partial charge is 0.338 e. The van der Waals surface area contributed by atoms with Gasteiger partial charge in [-0.25, -0.2) is 9.18 Å². The molecule has 0 aliphatic heterocycles. The number of nitrogens with zero attached hydrogens (tertiary/aromatic N) is 1. The predicted molar refractivity (Wildman–Crippen MR) is 59.3 cm³/mol. The van der Waals surface area contributed by atoms with Gasteiger partial charge in [-0.1, -0.05) is 0 Å². The quantitative estimate of drug-likeness (QED) is 0.804. The summed E-state index contributed by atoms with van der Waals surface area (Å²) in [5.74, 6) is -1.88. The van der Waals surface area contributed by atoms with Crippen LogP contribution in [0.5, 0.6) is 0 Å². The third-order valence-electron chi connectivity index (χ3n) is 3.13. The molecule has 4 heteroatoms. The highest BCUT2D eigenvalue weighted by molar-refractivity contribution is 5.96. The lowest BCUT2D eigenvalue weighted by atomic mass is 10.1. The maximum Gasteiger partial charge on any atom is 0.338 e. The lowest BCUT2D eigenvalue weighted by molar-refractivity contribution is 0.0692. The Bertz CT molecular complexity index is 599. The van der Waals surface area contributed by atoms with E-state index in [1.165, 1.54) is 6.07 Å². The monoisotopic (exact) mass is 221 g/mol. The lowest BCUT2D eigenvalue weighted by Crippen LogP contribution is -2.01. The first-order chi connectivity index (χ1) is 7.45. The Kier molecular flexibility index (Phi) is 2.22. The second-order valence-corrected chi connectivity index (χ2v) is 3.90. The molecule has 3 nitrogen and oxygen atoms in total. The summed E-state index contributed by atoms with van der Waals surface area (Å²) in [7, 11) is 1.84.